The van der Waals surface area contributed by atoms with Crippen LogP contribution in [0, 0.1) is 0 Å². The normalized spacial score (nSPS) is 16.0. The van der Waals surface area contributed by atoms with E-state index in [-0.39, 0.29) is 12.1 Å². The zero-order valence-corrected chi connectivity index (χ0v) is 14.6. The molecule has 5 nitrogen and oxygen atoms in total. The largest absolute Gasteiger partial charge is 0.497 e. The van der Waals surface area contributed by atoms with Crippen LogP contribution in [0.5, 0.6) is 5.75 Å². The molecular weight excluding hydrogens is 326 g/mol. The fourth-order valence-corrected chi connectivity index (χ4v) is 3.48. The Hall–Kier alpha value is -3.21. The first kappa shape index (κ1) is 16.3. The Morgan fingerprint density at radius 3 is 2.69 bits per heavy atom. The molecule has 2 heterocycles. The number of nitrogens with zero attached hydrogens (tertiary/aromatic N) is 2. The Bertz CT molecular complexity index is 904. The van der Waals surface area contributed by atoms with Crippen molar-refractivity contribution in [3.8, 4) is 5.75 Å². The number of hydrogen-bond donors (Lipinski definition) is 1. The molecule has 0 fully saturated rings. The van der Waals surface area contributed by atoms with Gasteiger partial charge in [-0.2, -0.15) is 0 Å². The fraction of sp³-hybridized carbons (Fsp3) is 0.190. The van der Waals surface area contributed by atoms with Crippen LogP contribution in [0.4, 0.5) is 10.5 Å². The molecule has 0 spiro atoms. The van der Waals surface area contributed by atoms with E-state index in [0.717, 1.165) is 29.2 Å². The maximum absolute atomic E-state index is 13.0. The summed E-state index contributed by atoms with van der Waals surface area (Å²) >= 11 is 0. The maximum Gasteiger partial charge on any atom is 0.322 e. The van der Waals surface area contributed by atoms with Gasteiger partial charge in [0.25, 0.3) is 0 Å². The number of aromatic nitrogens is 1. The van der Waals surface area contributed by atoms with Crippen LogP contribution in [0.3, 0.4) is 0 Å². The lowest BCUT2D eigenvalue weighted by Crippen LogP contribution is -2.44. The number of anilines is 1. The highest BCUT2D eigenvalue weighted by Crippen LogP contribution is 2.32. The first-order chi connectivity index (χ1) is 12.8. The molecule has 2 amide bonds. The predicted octanol–water partition coefficient (Wildman–Crippen LogP) is 4.13. The topological polar surface area (TPSA) is 46.5 Å². The Morgan fingerprint density at radius 2 is 1.88 bits per heavy atom. The Morgan fingerprint density at radius 1 is 1.04 bits per heavy atom. The van der Waals surface area contributed by atoms with Crippen LogP contribution < -0.4 is 10.1 Å². The highest BCUT2D eigenvalue weighted by molar-refractivity contribution is 5.90. The molecule has 0 saturated heterocycles. The summed E-state index contributed by atoms with van der Waals surface area (Å²) in [5.41, 5.74) is 2.96. The molecule has 3 aromatic rings. The predicted molar refractivity (Wildman–Crippen MR) is 101 cm³/mol. The summed E-state index contributed by atoms with van der Waals surface area (Å²) in [6.07, 6.45) is 2.07. The maximum atomic E-state index is 13.0. The minimum absolute atomic E-state index is 0.106. The van der Waals surface area contributed by atoms with Gasteiger partial charge in [0.05, 0.1) is 13.2 Å². The van der Waals surface area contributed by atoms with Crippen LogP contribution in [0.1, 0.15) is 17.3 Å². The van der Waals surface area contributed by atoms with Crippen LogP contribution in [-0.4, -0.2) is 29.2 Å². The number of nitrogens with one attached hydrogen (secondary N) is 1. The van der Waals surface area contributed by atoms with Crippen molar-refractivity contribution in [2.45, 2.75) is 12.6 Å². The van der Waals surface area contributed by atoms with Gasteiger partial charge < -0.3 is 19.5 Å². The minimum Gasteiger partial charge on any atom is -0.497 e. The van der Waals surface area contributed by atoms with E-state index < -0.39 is 0 Å². The fourth-order valence-electron chi connectivity index (χ4n) is 3.48. The molecule has 1 aromatic heterocycles. The lowest BCUT2D eigenvalue weighted by Gasteiger charge is -2.37. The number of amides is 2. The molecule has 4 rings (SSSR count). The molecule has 0 saturated carbocycles. The van der Waals surface area contributed by atoms with Crippen LogP contribution >= 0.6 is 0 Å². The number of carbonyl (C=O) groups is 1. The van der Waals surface area contributed by atoms with E-state index in [2.05, 4.69) is 34.3 Å². The van der Waals surface area contributed by atoms with Crippen LogP contribution in [0.2, 0.25) is 0 Å². The molecule has 1 aliphatic rings. The van der Waals surface area contributed by atoms with E-state index in [9.17, 15) is 4.79 Å². The molecule has 132 valence electrons. The highest BCUT2D eigenvalue weighted by atomic mass is 16.5. The minimum atomic E-state index is -0.112. The molecule has 1 aliphatic heterocycles. The molecule has 5 heteroatoms. The van der Waals surface area contributed by atoms with Crippen molar-refractivity contribution in [3.63, 3.8) is 0 Å². The second kappa shape index (κ2) is 6.96. The van der Waals surface area contributed by atoms with Gasteiger partial charge in [-0.25, -0.2) is 4.79 Å². The lowest BCUT2D eigenvalue weighted by atomic mass is 10.0. The van der Waals surface area contributed by atoms with Gasteiger partial charge in [-0.05, 0) is 29.8 Å². The molecule has 0 bridgehead atoms. The third-order valence-corrected chi connectivity index (χ3v) is 4.74. The van der Waals surface area contributed by atoms with Crippen molar-refractivity contribution in [1.82, 2.24) is 9.47 Å². The number of ether oxygens (including phenoxy) is 1. The van der Waals surface area contributed by atoms with E-state index in [1.807, 2.05) is 53.4 Å². The van der Waals surface area contributed by atoms with Gasteiger partial charge in [0.1, 0.15) is 5.75 Å². The number of hydrogen-bond acceptors (Lipinski definition) is 2. The van der Waals surface area contributed by atoms with Crippen molar-refractivity contribution in [3.05, 3.63) is 84.2 Å². The first-order valence-electron chi connectivity index (χ1n) is 8.68. The number of methoxy groups -OCH3 is 1. The second-order valence-electron chi connectivity index (χ2n) is 6.30. The van der Waals surface area contributed by atoms with Crippen LogP contribution in [0.15, 0.2) is 72.9 Å². The standard InChI is InChI=1S/C21H21N3O2/c1-26-18-10-5-9-17(15-18)22-21(25)24-14-13-23-12-6-11-19(23)20(24)16-7-3-2-4-8-16/h2-12,15,20H,13-14H2,1H3,(H,22,25)/t20-/m0/s1. The smallest absolute Gasteiger partial charge is 0.322 e. The Balaban J connectivity index is 1.64. The zero-order chi connectivity index (χ0) is 17.9. The molecule has 0 radical (unpaired) electrons. The van der Waals surface area contributed by atoms with E-state index in [1.165, 1.54) is 0 Å². The Kier molecular flexibility index (Phi) is 4.35. The summed E-state index contributed by atoms with van der Waals surface area (Å²) in [5, 5.41) is 3.01. The first-order valence-corrected chi connectivity index (χ1v) is 8.68. The number of urea groups is 1. The van der Waals surface area contributed by atoms with Crippen molar-refractivity contribution in [2.75, 3.05) is 19.0 Å². The van der Waals surface area contributed by atoms with Gasteiger partial charge in [0.15, 0.2) is 0 Å². The van der Waals surface area contributed by atoms with Gasteiger partial charge in [-0.15, -0.1) is 0 Å². The lowest BCUT2D eigenvalue weighted by molar-refractivity contribution is 0.182. The van der Waals surface area contributed by atoms with Crippen molar-refractivity contribution < 1.29 is 9.53 Å². The third-order valence-electron chi connectivity index (χ3n) is 4.74. The highest BCUT2D eigenvalue weighted by Gasteiger charge is 2.32. The average Bonchev–Trinajstić information content (AvgIpc) is 3.16. The summed E-state index contributed by atoms with van der Waals surface area (Å²) in [4.78, 5) is 14.9. The van der Waals surface area contributed by atoms with Gasteiger partial charge >= 0.3 is 6.03 Å². The van der Waals surface area contributed by atoms with E-state index in [1.54, 1.807) is 7.11 Å². The number of benzene rings is 2. The molecular formula is C21H21N3O2. The quantitative estimate of drug-likeness (QED) is 0.774. The second-order valence-corrected chi connectivity index (χ2v) is 6.30. The zero-order valence-electron chi connectivity index (χ0n) is 14.6. The number of fused-ring (bicyclic) bond motifs is 1. The summed E-state index contributed by atoms with van der Waals surface area (Å²) in [6, 6.07) is 21.5. The SMILES string of the molecule is COc1cccc(NC(=O)N2CCn3cccc3[C@@H]2c2ccccc2)c1. The van der Waals surface area contributed by atoms with Crippen LogP contribution in [0.25, 0.3) is 0 Å². The van der Waals surface area contributed by atoms with Gasteiger partial charge in [-0.3, -0.25) is 0 Å². The molecule has 2 aromatic carbocycles. The Labute approximate surface area is 152 Å². The van der Waals surface area contributed by atoms with E-state index in [4.69, 9.17) is 4.74 Å². The van der Waals surface area contributed by atoms with Crippen molar-refractivity contribution in [2.24, 2.45) is 0 Å². The molecule has 0 aliphatic carbocycles. The van der Waals surface area contributed by atoms with E-state index >= 15 is 0 Å². The number of carbonyl (C=O) groups excluding carboxylic acids is 1. The molecule has 0 unspecified atom stereocenters. The van der Waals surface area contributed by atoms with Crippen molar-refractivity contribution in [1.29, 1.82) is 0 Å². The van der Waals surface area contributed by atoms with Gasteiger partial charge in [-0.1, -0.05) is 36.4 Å². The van der Waals surface area contributed by atoms with Gasteiger partial charge in [0, 0.05) is 36.7 Å². The van der Waals surface area contributed by atoms with Gasteiger partial charge in [0.2, 0.25) is 0 Å². The monoisotopic (exact) mass is 347 g/mol. The summed E-state index contributed by atoms with van der Waals surface area (Å²) < 4.78 is 7.46. The average molecular weight is 347 g/mol. The number of rotatable bonds is 3. The molecule has 1 N–H and O–H groups in total. The van der Waals surface area contributed by atoms with Crippen molar-refractivity contribution >= 4 is 11.7 Å². The third kappa shape index (κ3) is 3.04. The summed E-state index contributed by atoms with van der Waals surface area (Å²) in [5.74, 6) is 0.718. The molecule has 26 heavy (non-hydrogen) atoms. The molecule has 1 atom stereocenters. The summed E-state index contributed by atoms with van der Waals surface area (Å²) in [6.45, 7) is 1.44. The van der Waals surface area contributed by atoms with Crippen LogP contribution in [-0.2, 0) is 6.54 Å². The van der Waals surface area contributed by atoms with E-state index in [0.29, 0.717) is 6.54 Å². The summed E-state index contributed by atoms with van der Waals surface area (Å²) in [7, 11) is 1.62.